The third kappa shape index (κ3) is 2.18. The van der Waals surface area contributed by atoms with Crippen LogP contribution in [0.1, 0.15) is 23.2 Å². The molecule has 2 aromatic heterocycles. The van der Waals surface area contributed by atoms with Gasteiger partial charge in [-0.1, -0.05) is 0 Å². The van der Waals surface area contributed by atoms with Crippen molar-refractivity contribution in [2.45, 2.75) is 20.4 Å². The number of aryl methyl sites for hydroxylation is 2. The van der Waals surface area contributed by atoms with Crippen molar-refractivity contribution in [2.24, 2.45) is 0 Å². The quantitative estimate of drug-likeness (QED) is 0.771. The topological polar surface area (TPSA) is 17.8 Å². The van der Waals surface area contributed by atoms with Crippen LogP contribution in [0.25, 0.3) is 12.2 Å². The average Bonchev–Trinajstić information content (AvgIpc) is 2.83. The Morgan fingerprint density at radius 3 is 3.00 bits per heavy atom. The molecular weight excluding hydrogens is 204 g/mol. The Morgan fingerprint density at radius 2 is 2.33 bits per heavy atom. The van der Waals surface area contributed by atoms with Crippen molar-refractivity contribution >= 4 is 23.5 Å². The number of hydrogen-bond acceptors (Lipinski definition) is 2. The highest BCUT2D eigenvalue weighted by molar-refractivity contribution is 7.11. The summed E-state index contributed by atoms with van der Waals surface area (Å²) in [5.74, 6) is 1.02. The summed E-state index contributed by atoms with van der Waals surface area (Å²) in [5, 5.41) is 2.11. The molecule has 0 spiro atoms. The summed E-state index contributed by atoms with van der Waals surface area (Å²) in [6.45, 7) is 5.21. The van der Waals surface area contributed by atoms with Crippen LogP contribution in [-0.2, 0) is 6.54 Å². The van der Waals surface area contributed by atoms with Crippen LogP contribution in [0.15, 0.2) is 23.8 Å². The van der Waals surface area contributed by atoms with E-state index in [1.807, 2.05) is 12.4 Å². The third-order valence-electron chi connectivity index (χ3n) is 2.37. The zero-order valence-corrected chi connectivity index (χ0v) is 9.79. The first-order chi connectivity index (χ1) is 7.31. The van der Waals surface area contributed by atoms with E-state index in [1.165, 1.54) is 10.4 Å². The van der Waals surface area contributed by atoms with E-state index in [-0.39, 0.29) is 0 Å². The summed E-state index contributed by atoms with van der Waals surface area (Å²) in [7, 11) is 0. The fourth-order valence-electron chi connectivity index (χ4n) is 1.45. The van der Waals surface area contributed by atoms with E-state index in [1.54, 1.807) is 11.3 Å². The van der Waals surface area contributed by atoms with Crippen molar-refractivity contribution in [3.8, 4) is 0 Å². The summed E-state index contributed by atoms with van der Waals surface area (Å²) in [5.41, 5.74) is 1.32. The van der Waals surface area contributed by atoms with Gasteiger partial charge in [0.2, 0.25) is 0 Å². The van der Waals surface area contributed by atoms with E-state index in [0.29, 0.717) is 0 Å². The predicted molar refractivity (Wildman–Crippen MR) is 65.9 cm³/mol. The van der Waals surface area contributed by atoms with Gasteiger partial charge in [-0.2, -0.15) is 0 Å². The minimum atomic E-state index is 0.961. The van der Waals surface area contributed by atoms with Crippen LogP contribution >= 0.6 is 11.3 Å². The number of hydrogen-bond donors (Lipinski definition) is 0. The van der Waals surface area contributed by atoms with Gasteiger partial charge in [0.25, 0.3) is 0 Å². The molecule has 0 radical (unpaired) electrons. The molecule has 0 amide bonds. The summed E-state index contributed by atoms with van der Waals surface area (Å²) in [6.07, 6.45) is 8.04. The smallest absolute Gasteiger partial charge is 0.132 e. The van der Waals surface area contributed by atoms with Gasteiger partial charge < -0.3 is 4.57 Å². The molecule has 15 heavy (non-hydrogen) atoms. The molecule has 0 bridgehead atoms. The molecule has 2 heterocycles. The molecule has 0 unspecified atom stereocenters. The molecule has 2 nitrogen and oxygen atoms in total. The highest BCUT2D eigenvalue weighted by atomic mass is 32.1. The molecule has 0 aromatic carbocycles. The van der Waals surface area contributed by atoms with Crippen LogP contribution in [0.3, 0.4) is 0 Å². The van der Waals surface area contributed by atoms with Gasteiger partial charge in [-0.25, -0.2) is 4.98 Å². The van der Waals surface area contributed by atoms with Crippen LogP contribution in [-0.4, -0.2) is 9.55 Å². The van der Waals surface area contributed by atoms with E-state index in [4.69, 9.17) is 0 Å². The number of aromatic nitrogens is 2. The number of thiophene rings is 1. The zero-order valence-electron chi connectivity index (χ0n) is 8.97. The number of rotatable bonds is 3. The van der Waals surface area contributed by atoms with Gasteiger partial charge in [-0.05, 0) is 43.0 Å². The molecule has 0 aliphatic heterocycles. The largest absolute Gasteiger partial charge is 0.332 e. The molecule has 0 saturated carbocycles. The molecule has 0 fully saturated rings. The summed E-state index contributed by atoms with van der Waals surface area (Å²) in [4.78, 5) is 5.60. The van der Waals surface area contributed by atoms with Gasteiger partial charge in [0.05, 0.1) is 0 Å². The zero-order chi connectivity index (χ0) is 10.7. The Labute approximate surface area is 93.9 Å². The maximum absolute atomic E-state index is 4.30. The second kappa shape index (κ2) is 4.45. The van der Waals surface area contributed by atoms with Crippen molar-refractivity contribution in [2.75, 3.05) is 0 Å². The number of imidazole rings is 1. The fourth-order valence-corrected chi connectivity index (χ4v) is 2.27. The normalized spacial score (nSPS) is 11.3. The lowest BCUT2D eigenvalue weighted by molar-refractivity contribution is 0.753. The standard InChI is InChI=1S/C12H14N2S/c1-3-14-8-7-13-12(14)5-4-11-10(2)6-9-15-11/h4-9H,3H2,1-2H3/b5-4+. The Hall–Kier alpha value is -1.35. The highest BCUT2D eigenvalue weighted by Crippen LogP contribution is 2.18. The minimum absolute atomic E-state index is 0.961. The van der Waals surface area contributed by atoms with Crippen LogP contribution in [0, 0.1) is 6.92 Å². The maximum atomic E-state index is 4.30. The summed E-state index contributed by atoms with van der Waals surface area (Å²) >= 11 is 1.76. The minimum Gasteiger partial charge on any atom is -0.332 e. The second-order valence-electron chi connectivity index (χ2n) is 3.37. The molecule has 78 valence electrons. The van der Waals surface area contributed by atoms with Gasteiger partial charge in [0.1, 0.15) is 5.82 Å². The Balaban J connectivity index is 2.22. The predicted octanol–water partition coefficient (Wildman–Crippen LogP) is 3.44. The van der Waals surface area contributed by atoms with Crippen molar-refractivity contribution in [3.05, 3.63) is 40.1 Å². The van der Waals surface area contributed by atoms with Crippen molar-refractivity contribution in [1.29, 1.82) is 0 Å². The third-order valence-corrected chi connectivity index (χ3v) is 3.36. The molecule has 0 aliphatic rings. The van der Waals surface area contributed by atoms with E-state index < -0.39 is 0 Å². The van der Waals surface area contributed by atoms with Crippen molar-refractivity contribution in [3.63, 3.8) is 0 Å². The summed E-state index contributed by atoms with van der Waals surface area (Å²) in [6, 6.07) is 2.14. The molecule has 0 aliphatic carbocycles. The van der Waals surface area contributed by atoms with Gasteiger partial charge in [-0.3, -0.25) is 0 Å². The lowest BCUT2D eigenvalue weighted by atomic mass is 10.3. The molecular formula is C12H14N2S. The first-order valence-electron chi connectivity index (χ1n) is 5.04. The molecule has 2 rings (SSSR count). The van der Waals surface area contributed by atoms with Crippen LogP contribution in [0.4, 0.5) is 0 Å². The Kier molecular flexibility index (Phi) is 3.02. The van der Waals surface area contributed by atoms with Gasteiger partial charge in [-0.15, -0.1) is 11.3 Å². The molecule has 0 saturated heterocycles. The SMILES string of the molecule is CCn1ccnc1/C=C/c1sccc1C. The van der Waals surface area contributed by atoms with E-state index in [9.17, 15) is 0 Å². The highest BCUT2D eigenvalue weighted by Gasteiger charge is 1.97. The van der Waals surface area contributed by atoms with E-state index >= 15 is 0 Å². The van der Waals surface area contributed by atoms with E-state index in [2.05, 4.69) is 47.0 Å². The first-order valence-corrected chi connectivity index (χ1v) is 5.92. The Bertz CT molecular complexity index is 465. The Morgan fingerprint density at radius 1 is 1.47 bits per heavy atom. The second-order valence-corrected chi connectivity index (χ2v) is 4.32. The van der Waals surface area contributed by atoms with Gasteiger partial charge >= 0.3 is 0 Å². The lowest BCUT2D eigenvalue weighted by Crippen LogP contribution is -1.94. The first kappa shape index (κ1) is 10.2. The molecule has 3 heteroatoms. The average molecular weight is 218 g/mol. The molecule has 0 N–H and O–H groups in total. The number of nitrogens with zero attached hydrogens (tertiary/aromatic N) is 2. The lowest BCUT2D eigenvalue weighted by Gasteiger charge is -1.98. The van der Waals surface area contributed by atoms with Crippen molar-refractivity contribution < 1.29 is 0 Å². The van der Waals surface area contributed by atoms with Gasteiger partial charge in [0.15, 0.2) is 0 Å². The van der Waals surface area contributed by atoms with Gasteiger partial charge in [0, 0.05) is 23.8 Å². The maximum Gasteiger partial charge on any atom is 0.132 e. The molecule has 2 aromatic rings. The fraction of sp³-hybridized carbons (Fsp3) is 0.250. The van der Waals surface area contributed by atoms with E-state index in [0.717, 1.165) is 12.4 Å². The summed E-state index contributed by atoms with van der Waals surface area (Å²) < 4.78 is 2.12. The van der Waals surface area contributed by atoms with Crippen LogP contribution in [0.5, 0.6) is 0 Å². The van der Waals surface area contributed by atoms with Crippen molar-refractivity contribution in [1.82, 2.24) is 9.55 Å². The van der Waals surface area contributed by atoms with Crippen LogP contribution < -0.4 is 0 Å². The van der Waals surface area contributed by atoms with Crippen LogP contribution in [0.2, 0.25) is 0 Å². The molecule has 0 atom stereocenters. The monoisotopic (exact) mass is 218 g/mol.